The third-order valence-corrected chi connectivity index (χ3v) is 3.09. The number of ether oxygens (including phenoxy) is 1. The first-order valence-corrected chi connectivity index (χ1v) is 7.07. The predicted molar refractivity (Wildman–Crippen MR) is 82.5 cm³/mol. The SMILES string of the molecule is C[C@@H](N)COc1ccc(NC(=O)C(F)(F)F)cc1-c1ccnn1C. The van der Waals surface area contributed by atoms with Gasteiger partial charge in [0.25, 0.3) is 0 Å². The van der Waals surface area contributed by atoms with Crippen molar-refractivity contribution in [3.8, 4) is 17.0 Å². The fourth-order valence-electron chi connectivity index (χ4n) is 2.00. The van der Waals surface area contributed by atoms with E-state index in [1.165, 1.54) is 18.2 Å². The molecule has 0 aliphatic rings. The molecular weight excluding hydrogens is 325 g/mol. The van der Waals surface area contributed by atoms with Crippen molar-refractivity contribution in [2.24, 2.45) is 12.8 Å². The summed E-state index contributed by atoms with van der Waals surface area (Å²) >= 11 is 0. The minimum Gasteiger partial charge on any atom is -0.491 e. The van der Waals surface area contributed by atoms with Gasteiger partial charge in [-0.2, -0.15) is 18.3 Å². The second kappa shape index (κ2) is 6.91. The van der Waals surface area contributed by atoms with Gasteiger partial charge in [-0.25, -0.2) is 0 Å². The monoisotopic (exact) mass is 342 g/mol. The number of nitrogens with zero attached hydrogens (tertiary/aromatic N) is 2. The first-order chi connectivity index (χ1) is 11.2. The zero-order valence-corrected chi connectivity index (χ0v) is 13.1. The van der Waals surface area contributed by atoms with Crippen LogP contribution < -0.4 is 15.8 Å². The maximum Gasteiger partial charge on any atom is 0.471 e. The largest absolute Gasteiger partial charge is 0.491 e. The third-order valence-electron chi connectivity index (χ3n) is 3.09. The number of carbonyl (C=O) groups is 1. The summed E-state index contributed by atoms with van der Waals surface area (Å²) in [6.07, 6.45) is -3.41. The quantitative estimate of drug-likeness (QED) is 0.874. The maximum absolute atomic E-state index is 12.4. The van der Waals surface area contributed by atoms with Crippen LogP contribution in [0.1, 0.15) is 6.92 Å². The van der Waals surface area contributed by atoms with Gasteiger partial charge in [0.1, 0.15) is 12.4 Å². The molecule has 0 aliphatic carbocycles. The third kappa shape index (κ3) is 4.25. The normalized spacial score (nSPS) is 12.8. The molecular formula is C15H17F3N4O2. The lowest BCUT2D eigenvalue weighted by Crippen LogP contribution is -2.29. The van der Waals surface area contributed by atoms with Gasteiger partial charge in [0, 0.05) is 30.5 Å². The summed E-state index contributed by atoms with van der Waals surface area (Å²) in [7, 11) is 1.69. The van der Waals surface area contributed by atoms with Crippen LogP contribution in [-0.4, -0.2) is 34.5 Å². The molecule has 0 bridgehead atoms. The number of hydrogen-bond acceptors (Lipinski definition) is 4. The van der Waals surface area contributed by atoms with Gasteiger partial charge in [0.05, 0.1) is 5.69 Å². The molecule has 1 aromatic carbocycles. The van der Waals surface area contributed by atoms with Crippen LogP contribution >= 0.6 is 0 Å². The van der Waals surface area contributed by atoms with Gasteiger partial charge in [-0.05, 0) is 31.2 Å². The minimum absolute atomic E-state index is 0.00155. The van der Waals surface area contributed by atoms with Crippen LogP contribution in [-0.2, 0) is 11.8 Å². The molecule has 0 radical (unpaired) electrons. The van der Waals surface area contributed by atoms with Gasteiger partial charge in [-0.3, -0.25) is 9.48 Å². The number of aromatic nitrogens is 2. The smallest absolute Gasteiger partial charge is 0.471 e. The summed E-state index contributed by atoms with van der Waals surface area (Å²) in [5.41, 5.74) is 6.78. The Morgan fingerprint density at radius 2 is 2.12 bits per heavy atom. The highest BCUT2D eigenvalue weighted by Gasteiger charge is 2.38. The molecule has 1 amide bonds. The summed E-state index contributed by atoms with van der Waals surface area (Å²) in [6, 6.07) is 5.69. The number of rotatable bonds is 5. The molecule has 1 heterocycles. The Kier molecular flexibility index (Phi) is 5.13. The Morgan fingerprint density at radius 1 is 1.42 bits per heavy atom. The number of aryl methyl sites for hydroxylation is 1. The molecule has 3 N–H and O–H groups in total. The molecule has 2 rings (SSSR count). The van der Waals surface area contributed by atoms with E-state index in [1.54, 1.807) is 30.9 Å². The van der Waals surface area contributed by atoms with Crippen molar-refractivity contribution >= 4 is 11.6 Å². The van der Waals surface area contributed by atoms with E-state index in [4.69, 9.17) is 10.5 Å². The number of carbonyl (C=O) groups excluding carboxylic acids is 1. The zero-order valence-electron chi connectivity index (χ0n) is 13.1. The molecule has 24 heavy (non-hydrogen) atoms. The standard InChI is InChI=1S/C15H17F3N4O2/c1-9(19)8-24-13-4-3-10(21-14(23)15(16,17)18)7-11(13)12-5-6-20-22(12)2/h3-7,9H,8,19H2,1-2H3,(H,21,23)/t9-/m1/s1. The number of alkyl halides is 3. The van der Waals surface area contributed by atoms with Crippen molar-refractivity contribution in [2.45, 2.75) is 19.1 Å². The van der Waals surface area contributed by atoms with E-state index >= 15 is 0 Å². The van der Waals surface area contributed by atoms with Crippen LogP contribution in [0.3, 0.4) is 0 Å². The number of nitrogens with two attached hydrogens (primary N) is 1. The van der Waals surface area contributed by atoms with E-state index in [2.05, 4.69) is 5.10 Å². The van der Waals surface area contributed by atoms with Crippen molar-refractivity contribution in [3.05, 3.63) is 30.5 Å². The number of hydrogen-bond donors (Lipinski definition) is 2. The number of nitrogens with one attached hydrogen (secondary N) is 1. The van der Waals surface area contributed by atoms with Crippen molar-refractivity contribution in [1.82, 2.24) is 9.78 Å². The van der Waals surface area contributed by atoms with Crippen LogP contribution in [0.25, 0.3) is 11.3 Å². The van der Waals surface area contributed by atoms with Gasteiger partial charge >= 0.3 is 12.1 Å². The van der Waals surface area contributed by atoms with Crippen molar-refractivity contribution < 1.29 is 22.7 Å². The molecule has 0 saturated heterocycles. The predicted octanol–water partition coefficient (Wildman–Crippen LogP) is 2.31. The topological polar surface area (TPSA) is 82.2 Å². The van der Waals surface area contributed by atoms with E-state index in [0.29, 0.717) is 17.0 Å². The van der Waals surface area contributed by atoms with E-state index in [9.17, 15) is 18.0 Å². The fraction of sp³-hybridized carbons (Fsp3) is 0.333. The zero-order chi connectivity index (χ0) is 17.9. The highest BCUT2D eigenvalue weighted by molar-refractivity contribution is 5.95. The lowest BCUT2D eigenvalue weighted by Gasteiger charge is -2.15. The molecule has 130 valence electrons. The van der Waals surface area contributed by atoms with Crippen molar-refractivity contribution in [2.75, 3.05) is 11.9 Å². The molecule has 1 aromatic heterocycles. The van der Waals surface area contributed by atoms with Crippen LogP contribution in [0.5, 0.6) is 5.75 Å². The first-order valence-electron chi connectivity index (χ1n) is 7.07. The lowest BCUT2D eigenvalue weighted by atomic mass is 10.1. The second-order valence-electron chi connectivity index (χ2n) is 5.29. The highest BCUT2D eigenvalue weighted by atomic mass is 19.4. The molecule has 0 unspecified atom stereocenters. The van der Waals surface area contributed by atoms with Crippen LogP contribution in [0.15, 0.2) is 30.5 Å². The second-order valence-corrected chi connectivity index (χ2v) is 5.29. The average Bonchev–Trinajstić information content (AvgIpc) is 2.90. The van der Waals surface area contributed by atoms with Gasteiger partial charge in [0.15, 0.2) is 0 Å². The van der Waals surface area contributed by atoms with Gasteiger partial charge in [-0.15, -0.1) is 0 Å². The van der Waals surface area contributed by atoms with Crippen LogP contribution in [0, 0.1) is 0 Å². The Balaban J connectivity index is 2.37. The lowest BCUT2D eigenvalue weighted by molar-refractivity contribution is -0.167. The van der Waals surface area contributed by atoms with Gasteiger partial charge in [-0.1, -0.05) is 0 Å². The van der Waals surface area contributed by atoms with E-state index < -0.39 is 12.1 Å². The Morgan fingerprint density at radius 3 is 2.67 bits per heavy atom. The molecule has 9 heteroatoms. The molecule has 6 nitrogen and oxygen atoms in total. The van der Waals surface area contributed by atoms with Crippen LogP contribution in [0.4, 0.5) is 18.9 Å². The number of anilines is 1. The Bertz CT molecular complexity index is 726. The van der Waals surface area contributed by atoms with E-state index in [0.717, 1.165) is 0 Å². The summed E-state index contributed by atoms with van der Waals surface area (Å²) in [4.78, 5) is 11.1. The first kappa shape index (κ1) is 17.8. The molecule has 0 saturated carbocycles. The molecule has 0 aliphatic heterocycles. The number of amides is 1. The average molecular weight is 342 g/mol. The highest BCUT2D eigenvalue weighted by Crippen LogP contribution is 2.33. The number of halogens is 3. The summed E-state index contributed by atoms with van der Waals surface area (Å²) in [5, 5.41) is 5.85. The summed E-state index contributed by atoms with van der Waals surface area (Å²) in [6.45, 7) is 2.00. The number of benzene rings is 1. The minimum atomic E-state index is -4.96. The van der Waals surface area contributed by atoms with Crippen LogP contribution in [0.2, 0.25) is 0 Å². The van der Waals surface area contributed by atoms with E-state index in [-0.39, 0.29) is 18.3 Å². The van der Waals surface area contributed by atoms with Crippen molar-refractivity contribution in [1.29, 1.82) is 0 Å². The van der Waals surface area contributed by atoms with Crippen molar-refractivity contribution in [3.63, 3.8) is 0 Å². The van der Waals surface area contributed by atoms with E-state index in [1.807, 2.05) is 5.32 Å². The molecule has 0 fully saturated rings. The Hall–Kier alpha value is -2.55. The molecule has 1 atom stereocenters. The van der Waals surface area contributed by atoms with Gasteiger partial charge < -0.3 is 15.8 Å². The maximum atomic E-state index is 12.4. The molecule has 2 aromatic rings. The fourth-order valence-corrected chi connectivity index (χ4v) is 2.00. The molecule has 0 spiro atoms. The Labute approximate surface area is 136 Å². The summed E-state index contributed by atoms with van der Waals surface area (Å²) in [5.74, 6) is -1.61. The van der Waals surface area contributed by atoms with Gasteiger partial charge in [0.2, 0.25) is 0 Å². The summed E-state index contributed by atoms with van der Waals surface area (Å²) < 4.78 is 44.3.